The van der Waals surface area contributed by atoms with E-state index in [0.29, 0.717) is 24.4 Å². The number of carboxylic acid groups (broad SMARTS) is 1. The van der Waals surface area contributed by atoms with Gasteiger partial charge < -0.3 is 14.7 Å². The standard InChI is InChI=1S/C11H17NO3/c1-15-7-2-9-8-11(9)3-5-12(6-4-11)10(13)14/h2,7,9H,3-6,8H2,1H3,(H,13,14)/t9-/m1/s1. The second-order valence-electron chi connectivity index (χ2n) is 4.51. The third-order valence-corrected chi connectivity index (χ3v) is 3.73. The summed E-state index contributed by atoms with van der Waals surface area (Å²) in [5.41, 5.74) is 0.390. The molecular weight excluding hydrogens is 194 g/mol. The number of hydrogen-bond donors (Lipinski definition) is 1. The van der Waals surface area contributed by atoms with Crippen LogP contribution >= 0.6 is 0 Å². The largest absolute Gasteiger partial charge is 0.505 e. The fraction of sp³-hybridized carbons (Fsp3) is 0.727. The number of allylic oxidation sites excluding steroid dienone is 1. The van der Waals surface area contributed by atoms with Gasteiger partial charge >= 0.3 is 6.09 Å². The van der Waals surface area contributed by atoms with E-state index in [1.54, 1.807) is 13.4 Å². The van der Waals surface area contributed by atoms with Crippen molar-refractivity contribution < 1.29 is 14.6 Å². The van der Waals surface area contributed by atoms with Crippen LogP contribution in [0.2, 0.25) is 0 Å². The maximum absolute atomic E-state index is 10.7. The Labute approximate surface area is 89.5 Å². The molecule has 0 aromatic carbocycles. The van der Waals surface area contributed by atoms with Crippen LogP contribution < -0.4 is 0 Å². The summed E-state index contributed by atoms with van der Waals surface area (Å²) in [6, 6.07) is 0. The highest BCUT2D eigenvalue weighted by Gasteiger charge is 2.53. The SMILES string of the molecule is COC=C[C@@H]1CC12CCN(C(=O)O)CC2. The van der Waals surface area contributed by atoms with Crippen molar-refractivity contribution in [1.82, 2.24) is 4.90 Å². The van der Waals surface area contributed by atoms with Crippen molar-refractivity contribution in [3.63, 3.8) is 0 Å². The Morgan fingerprint density at radius 1 is 1.53 bits per heavy atom. The number of likely N-dealkylation sites (tertiary alicyclic amines) is 1. The van der Waals surface area contributed by atoms with Crippen molar-refractivity contribution in [2.45, 2.75) is 19.3 Å². The van der Waals surface area contributed by atoms with E-state index in [-0.39, 0.29) is 0 Å². The van der Waals surface area contributed by atoms with Crippen LogP contribution in [0.3, 0.4) is 0 Å². The summed E-state index contributed by atoms with van der Waals surface area (Å²) in [7, 11) is 1.65. The predicted octanol–water partition coefficient (Wildman–Crippen LogP) is 1.93. The minimum Gasteiger partial charge on any atom is -0.505 e. The van der Waals surface area contributed by atoms with Crippen molar-refractivity contribution >= 4 is 6.09 Å². The minimum absolute atomic E-state index is 0.390. The molecule has 0 radical (unpaired) electrons. The van der Waals surface area contributed by atoms with Crippen LogP contribution in [0.4, 0.5) is 4.79 Å². The second-order valence-corrected chi connectivity index (χ2v) is 4.51. The quantitative estimate of drug-likeness (QED) is 0.710. The van der Waals surface area contributed by atoms with Crippen LogP contribution in [-0.2, 0) is 4.74 Å². The smallest absolute Gasteiger partial charge is 0.407 e. The second kappa shape index (κ2) is 3.76. The van der Waals surface area contributed by atoms with Crippen LogP contribution in [-0.4, -0.2) is 36.3 Å². The van der Waals surface area contributed by atoms with Crippen LogP contribution in [0.1, 0.15) is 19.3 Å². The lowest BCUT2D eigenvalue weighted by Crippen LogP contribution is -2.38. The minimum atomic E-state index is -0.783. The summed E-state index contributed by atoms with van der Waals surface area (Å²) in [6.07, 6.45) is 6.25. The number of ether oxygens (including phenoxy) is 1. The molecule has 84 valence electrons. The normalized spacial score (nSPS) is 28.3. The summed E-state index contributed by atoms with van der Waals surface area (Å²) < 4.78 is 4.90. The number of nitrogens with zero attached hydrogens (tertiary/aromatic N) is 1. The van der Waals surface area contributed by atoms with Gasteiger partial charge in [0.05, 0.1) is 13.4 Å². The zero-order valence-electron chi connectivity index (χ0n) is 8.98. The highest BCUT2D eigenvalue weighted by Crippen LogP contribution is 2.59. The molecule has 4 heteroatoms. The molecular formula is C11H17NO3. The van der Waals surface area contributed by atoms with Gasteiger partial charge in [-0.15, -0.1) is 0 Å². The van der Waals surface area contributed by atoms with Gasteiger partial charge in [0.1, 0.15) is 0 Å². The Balaban J connectivity index is 1.85. The van der Waals surface area contributed by atoms with Gasteiger partial charge in [0.15, 0.2) is 0 Å². The van der Waals surface area contributed by atoms with Crippen molar-refractivity contribution in [3.8, 4) is 0 Å². The van der Waals surface area contributed by atoms with Gasteiger partial charge in [0, 0.05) is 13.1 Å². The highest BCUT2D eigenvalue weighted by molar-refractivity contribution is 5.65. The number of amides is 1. The van der Waals surface area contributed by atoms with Gasteiger partial charge in [-0.05, 0) is 36.7 Å². The molecule has 2 fully saturated rings. The van der Waals surface area contributed by atoms with Crippen LogP contribution in [0.5, 0.6) is 0 Å². The van der Waals surface area contributed by atoms with Crippen molar-refractivity contribution in [2.75, 3.05) is 20.2 Å². The molecule has 1 saturated heterocycles. The zero-order chi connectivity index (χ0) is 10.9. The Morgan fingerprint density at radius 3 is 2.73 bits per heavy atom. The van der Waals surface area contributed by atoms with E-state index < -0.39 is 6.09 Å². The molecule has 1 N–H and O–H groups in total. The van der Waals surface area contributed by atoms with Gasteiger partial charge in [-0.3, -0.25) is 0 Å². The molecule has 0 unspecified atom stereocenters. The van der Waals surface area contributed by atoms with Crippen molar-refractivity contribution in [2.24, 2.45) is 11.3 Å². The van der Waals surface area contributed by atoms with Crippen LogP contribution in [0, 0.1) is 11.3 Å². The monoisotopic (exact) mass is 211 g/mol. The summed E-state index contributed by atoms with van der Waals surface area (Å²) >= 11 is 0. The lowest BCUT2D eigenvalue weighted by molar-refractivity contribution is 0.118. The number of piperidine rings is 1. The average Bonchev–Trinajstić information content (AvgIpc) is 2.89. The molecule has 1 amide bonds. The molecule has 4 nitrogen and oxygen atoms in total. The van der Waals surface area contributed by atoms with Gasteiger partial charge in [0.2, 0.25) is 0 Å². The molecule has 1 heterocycles. The lowest BCUT2D eigenvalue weighted by atomic mass is 9.91. The van der Waals surface area contributed by atoms with Crippen molar-refractivity contribution in [3.05, 3.63) is 12.3 Å². The molecule has 1 spiro atoms. The van der Waals surface area contributed by atoms with E-state index >= 15 is 0 Å². The van der Waals surface area contributed by atoms with E-state index in [1.165, 1.54) is 11.3 Å². The molecule has 0 bridgehead atoms. The molecule has 2 aliphatic rings. The highest BCUT2D eigenvalue weighted by atomic mass is 16.5. The molecule has 1 saturated carbocycles. The summed E-state index contributed by atoms with van der Waals surface area (Å²) in [4.78, 5) is 12.2. The van der Waals surface area contributed by atoms with Gasteiger partial charge in [-0.1, -0.05) is 0 Å². The molecule has 1 aliphatic heterocycles. The molecule has 2 rings (SSSR count). The maximum atomic E-state index is 10.7. The Hall–Kier alpha value is -1.19. The first-order chi connectivity index (χ1) is 7.18. The Kier molecular flexibility index (Phi) is 2.59. The van der Waals surface area contributed by atoms with Crippen LogP contribution in [0.25, 0.3) is 0 Å². The summed E-state index contributed by atoms with van der Waals surface area (Å²) in [5.74, 6) is 0.605. The number of rotatable bonds is 2. The van der Waals surface area contributed by atoms with Crippen molar-refractivity contribution in [1.29, 1.82) is 0 Å². The Morgan fingerprint density at radius 2 is 2.20 bits per heavy atom. The average molecular weight is 211 g/mol. The summed E-state index contributed by atoms with van der Waals surface area (Å²) in [6.45, 7) is 1.37. The zero-order valence-corrected chi connectivity index (χ0v) is 8.98. The molecule has 1 atom stereocenters. The van der Waals surface area contributed by atoms with Gasteiger partial charge in [-0.25, -0.2) is 4.79 Å². The van der Waals surface area contributed by atoms with E-state index in [1.807, 2.05) is 0 Å². The van der Waals surface area contributed by atoms with Gasteiger partial charge in [0.25, 0.3) is 0 Å². The maximum Gasteiger partial charge on any atom is 0.407 e. The fourth-order valence-electron chi connectivity index (χ4n) is 2.54. The van der Waals surface area contributed by atoms with Crippen LogP contribution in [0.15, 0.2) is 12.3 Å². The molecule has 0 aromatic heterocycles. The number of carbonyl (C=O) groups is 1. The van der Waals surface area contributed by atoms with E-state index in [4.69, 9.17) is 9.84 Å². The molecule has 0 aromatic rings. The summed E-state index contributed by atoms with van der Waals surface area (Å²) in [5, 5.41) is 8.83. The van der Waals surface area contributed by atoms with E-state index in [2.05, 4.69) is 6.08 Å². The van der Waals surface area contributed by atoms with E-state index in [0.717, 1.165) is 12.8 Å². The fourth-order valence-corrected chi connectivity index (χ4v) is 2.54. The third-order valence-electron chi connectivity index (χ3n) is 3.73. The third kappa shape index (κ3) is 1.94. The first-order valence-corrected chi connectivity index (χ1v) is 5.35. The first-order valence-electron chi connectivity index (χ1n) is 5.35. The lowest BCUT2D eigenvalue weighted by Gasteiger charge is -2.30. The topological polar surface area (TPSA) is 49.8 Å². The number of methoxy groups -OCH3 is 1. The van der Waals surface area contributed by atoms with Gasteiger partial charge in [-0.2, -0.15) is 0 Å². The van der Waals surface area contributed by atoms with E-state index in [9.17, 15) is 4.79 Å². The predicted molar refractivity (Wildman–Crippen MR) is 55.5 cm³/mol. The Bertz CT molecular complexity index is 280. The molecule has 1 aliphatic carbocycles. The number of hydrogen-bond acceptors (Lipinski definition) is 2. The molecule has 15 heavy (non-hydrogen) atoms. The first kappa shape index (κ1) is 10.3.